The number of hydrogen-bond donors (Lipinski definition) is 1. The highest BCUT2D eigenvalue weighted by Gasteiger charge is 2.17. The van der Waals surface area contributed by atoms with Crippen molar-refractivity contribution in [2.75, 3.05) is 26.6 Å². The molecule has 136 valence electrons. The minimum atomic E-state index is -0.465. The normalized spacial score (nSPS) is 10.6. The number of nitrogens with one attached hydrogen (secondary N) is 1. The summed E-state index contributed by atoms with van der Waals surface area (Å²) in [4.78, 5) is 24.2. The number of nitrogens with zero attached hydrogens (tertiary/aromatic N) is 1. The molecule has 3 aromatic rings. The third-order valence-electron chi connectivity index (χ3n) is 3.98. The van der Waals surface area contributed by atoms with Crippen molar-refractivity contribution in [1.29, 1.82) is 0 Å². The first-order valence-electron chi connectivity index (χ1n) is 7.69. The van der Waals surface area contributed by atoms with Crippen LogP contribution in [0.4, 0.5) is 5.69 Å². The smallest absolute Gasteiger partial charge is 0.419 e. The number of benzene rings is 2. The second-order valence-corrected chi connectivity index (χ2v) is 5.48. The fourth-order valence-corrected chi connectivity index (χ4v) is 2.62. The van der Waals surface area contributed by atoms with E-state index in [0.717, 1.165) is 0 Å². The van der Waals surface area contributed by atoms with E-state index in [4.69, 9.17) is 18.6 Å². The number of carbonyl (C=O) groups excluding carboxylic acids is 1. The molecule has 0 atom stereocenters. The number of ether oxygens (including phenoxy) is 3. The fourth-order valence-electron chi connectivity index (χ4n) is 2.62. The van der Waals surface area contributed by atoms with Crippen LogP contribution in [0.25, 0.3) is 11.1 Å². The number of rotatable bonds is 5. The maximum Gasteiger partial charge on any atom is 0.419 e. The van der Waals surface area contributed by atoms with Crippen LogP contribution in [0.3, 0.4) is 0 Å². The van der Waals surface area contributed by atoms with Crippen molar-refractivity contribution in [3.63, 3.8) is 0 Å². The molecule has 8 heteroatoms. The van der Waals surface area contributed by atoms with Crippen LogP contribution in [0.2, 0.25) is 0 Å². The Hall–Kier alpha value is -3.42. The van der Waals surface area contributed by atoms with E-state index in [1.54, 1.807) is 37.4 Å². The number of fused-ring (bicyclic) bond motifs is 1. The largest absolute Gasteiger partial charge is 0.493 e. The van der Waals surface area contributed by atoms with Crippen LogP contribution in [0, 0.1) is 0 Å². The zero-order chi connectivity index (χ0) is 18.8. The minimum absolute atomic E-state index is 0.334. The molecule has 0 bridgehead atoms. The van der Waals surface area contributed by atoms with Crippen LogP contribution in [0.1, 0.15) is 10.4 Å². The molecule has 0 unspecified atom stereocenters. The Morgan fingerprint density at radius 3 is 2.27 bits per heavy atom. The summed E-state index contributed by atoms with van der Waals surface area (Å²) in [6.07, 6.45) is 0. The van der Waals surface area contributed by atoms with Crippen LogP contribution in [-0.2, 0) is 7.05 Å². The van der Waals surface area contributed by atoms with E-state index < -0.39 is 5.76 Å². The summed E-state index contributed by atoms with van der Waals surface area (Å²) in [5.41, 5.74) is 1.88. The predicted molar refractivity (Wildman–Crippen MR) is 95.5 cm³/mol. The van der Waals surface area contributed by atoms with Crippen molar-refractivity contribution in [3.8, 4) is 17.2 Å². The average molecular weight is 358 g/mol. The fraction of sp³-hybridized carbons (Fsp3) is 0.222. The standard InChI is InChI=1S/C18H18N2O6/c1-20-12-9-11(5-6-13(12)26-18(20)22)19-17(21)10-7-14(23-2)16(25-4)15(8-10)24-3/h5-9H,1-4H3,(H,19,21). The van der Waals surface area contributed by atoms with E-state index in [2.05, 4.69) is 5.32 Å². The number of aromatic nitrogens is 1. The van der Waals surface area contributed by atoms with Crippen molar-refractivity contribution < 1.29 is 23.4 Å². The van der Waals surface area contributed by atoms with Gasteiger partial charge in [0.25, 0.3) is 5.91 Å². The molecular weight excluding hydrogens is 340 g/mol. The first kappa shape index (κ1) is 17.4. The second kappa shape index (κ2) is 6.83. The quantitative estimate of drug-likeness (QED) is 0.753. The molecule has 1 N–H and O–H groups in total. The van der Waals surface area contributed by atoms with Crippen molar-refractivity contribution >= 4 is 22.7 Å². The lowest BCUT2D eigenvalue weighted by Gasteiger charge is -2.14. The van der Waals surface area contributed by atoms with Gasteiger partial charge in [-0.15, -0.1) is 0 Å². The number of anilines is 1. The Labute approximate surface area is 148 Å². The Kier molecular flexibility index (Phi) is 4.57. The van der Waals surface area contributed by atoms with Gasteiger partial charge in [-0.25, -0.2) is 4.79 Å². The average Bonchev–Trinajstić information content (AvgIpc) is 2.94. The Morgan fingerprint density at radius 1 is 1.04 bits per heavy atom. The molecule has 0 saturated carbocycles. The molecule has 1 heterocycles. The third-order valence-corrected chi connectivity index (χ3v) is 3.98. The van der Waals surface area contributed by atoms with Gasteiger partial charge in [0.05, 0.1) is 26.8 Å². The molecule has 2 aromatic carbocycles. The summed E-state index contributed by atoms with van der Waals surface area (Å²) in [5.74, 6) is 0.334. The summed E-state index contributed by atoms with van der Waals surface area (Å²) in [5, 5.41) is 2.78. The molecule has 0 spiro atoms. The van der Waals surface area contributed by atoms with Gasteiger partial charge >= 0.3 is 5.76 Å². The lowest BCUT2D eigenvalue weighted by Crippen LogP contribution is -2.13. The number of amides is 1. The molecule has 1 aromatic heterocycles. The SMILES string of the molecule is COc1cc(C(=O)Nc2ccc3oc(=O)n(C)c3c2)cc(OC)c1OC. The van der Waals surface area contributed by atoms with Gasteiger partial charge in [0.15, 0.2) is 17.1 Å². The highest BCUT2D eigenvalue weighted by molar-refractivity contribution is 6.05. The maximum absolute atomic E-state index is 12.6. The lowest BCUT2D eigenvalue weighted by atomic mass is 10.1. The molecule has 0 aliphatic heterocycles. The Morgan fingerprint density at radius 2 is 1.69 bits per heavy atom. The molecule has 0 saturated heterocycles. The highest BCUT2D eigenvalue weighted by Crippen LogP contribution is 2.38. The van der Waals surface area contributed by atoms with Crippen LogP contribution in [0.5, 0.6) is 17.2 Å². The van der Waals surface area contributed by atoms with Crippen LogP contribution in [0.15, 0.2) is 39.5 Å². The molecule has 0 aliphatic rings. The Balaban J connectivity index is 1.95. The van der Waals surface area contributed by atoms with E-state index in [-0.39, 0.29) is 5.91 Å². The minimum Gasteiger partial charge on any atom is -0.493 e. The van der Waals surface area contributed by atoms with Gasteiger partial charge in [-0.3, -0.25) is 9.36 Å². The van der Waals surface area contributed by atoms with Crippen molar-refractivity contribution in [3.05, 3.63) is 46.4 Å². The van der Waals surface area contributed by atoms with Gasteiger partial charge in [-0.1, -0.05) is 0 Å². The molecule has 3 rings (SSSR count). The van der Waals surface area contributed by atoms with Crippen LogP contribution < -0.4 is 25.3 Å². The first-order valence-corrected chi connectivity index (χ1v) is 7.69. The number of methoxy groups -OCH3 is 3. The molecule has 0 fully saturated rings. The van der Waals surface area contributed by atoms with E-state index in [1.165, 1.54) is 25.9 Å². The monoisotopic (exact) mass is 358 g/mol. The number of carbonyl (C=O) groups is 1. The van der Waals surface area contributed by atoms with Crippen LogP contribution in [-0.4, -0.2) is 31.8 Å². The molecule has 0 radical (unpaired) electrons. The molecule has 0 aliphatic carbocycles. The zero-order valence-corrected chi connectivity index (χ0v) is 14.8. The summed E-state index contributed by atoms with van der Waals surface area (Å²) >= 11 is 0. The van der Waals surface area contributed by atoms with E-state index >= 15 is 0 Å². The summed E-state index contributed by atoms with van der Waals surface area (Å²) in [7, 11) is 6.04. The topological polar surface area (TPSA) is 91.9 Å². The van der Waals surface area contributed by atoms with Crippen LogP contribution >= 0.6 is 0 Å². The van der Waals surface area contributed by atoms with E-state index in [0.29, 0.717) is 39.6 Å². The molecular formula is C18H18N2O6. The zero-order valence-electron chi connectivity index (χ0n) is 14.8. The molecule has 26 heavy (non-hydrogen) atoms. The van der Waals surface area contributed by atoms with Gasteiger partial charge in [0, 0.05) is 18.3 Å². The maximum atomic E-state index is 12.6. The molecule has 1 amide bonds. The second-order valence-electron chi connectivity index (χ2n) is 5.48. The van der Waals surface area contributed by atoms with Gasteiger partial charge in [-0.2, -0.15) is 0 Å². The number of hydrogen-bond acceptors (Lipinski definition) is 6. The highest BCUT2D eigenvalue weighted by atomic mass is 16.5. The van der Waals surface area contributed by atoms with E-state index in [9.17, 15) is 9.59 Å². The predicted octanol–water partition coefficient (Wildman–Crippen LogP) is 2.41. The Bertz CT molecular complexity index is 1010. The van der Waals surface area contributed by atoms with Crippen molar-refractivity contribution in [2.24, 2.45) is 7.05 Å². The number of aryl methyl sites for hydroxylation is 1. The lowest BCUT2D eigenvalue weighted by molar-refractivity contribution is 0.102. The van der Waals surface area contributed by atoms with Crippen molar-refractivity contribution in [1.82, 2.24) is 4.57 Å². The van der Waals surface area contributed by atoms with Gasteiger partial charge in [0.2, 0.25) is 5.75 Å². The summed E-state index contributed by atoms with van der Waals surface area (Å²) < 4.78 is 22.2. The summed E-state index contributed by atoms with van der Waals surface area (Å²) in [6, 6.07) is 8.06. The molecule has 8 nitrogen and oxygen atoms in total. The number of oxazole rings is 1. The summed E-state index contributed by atoms with van der Waals surface area (Å²) in [6.45, 7) is 0. The van der Waals surface area contributed by atoms with Crippen molar-refractivity contribution in [2.45, 2.75) is 0 Å². The van der Waals surface area contributed by atoms with Gasteiger partial charge in [-0.05, 0) is 30.3 Å². The van der Waals surface area contributed by atoms with E-state index in [1.807, 2.05) is 0 Å². The van der Waals surface area contributed by atoms with Gasteiger partial charge < -0.3 is 23.9 Å². The van der Waals surface area contributed by atoms with Gasteiger partial charge in [0.1, 0.15) is 0 Å². The third kappa shape index (κ3) is 2.97. The first-order chi connectivity index (χ1) is 12.5.